The normalized spacial score (nSPS) is 14.4. The van der Waals surface area contributed by atoms with Gasteiger partial charge < -0.3 is 5.11 Å². The van der Waals surface area contributed by atoms with Crippen molar-refractivity contribution in [3.63, 3.8) is 0 Å². The summed E-state index contributed by atoms with van der Waals surface area (Å²) in [6, 6.07) is 6.56. The van der Waals surface area contributed by atoms with Gasteiger partial charge in [-0.1, -0.05) is 36.4 Å². The molecule has 1 aromatic rings. The van der Waals surface area contributed by atoms with E-state index in [1.165, 1.54) is 24.3 Å². The Hall–Kier alpha value is -2.09. The van der Waals surface area contributed by atoms with Gasteiger partial charge >= 0.3 is 0 Å². The molecule has 0 N–H and O–H groups in total. The standard InChI is InChI=1S/C13H10O2/c14-12-5-1-10(2-6-12)9-11-3-7-13(15)8-4-11/h1-9,14H/p-1. The predicted octanol–water partition coefficient (Wildman–Crippen LogP) is 1.84. The first-order chi connectivity index (χ1) is 7.24. The molecule has 1 aromatic carbocycles. The van der Waals surface area contributed by atoms with Crippen LogP contribution in [0.25, 0.3) is 6.08 Å². The molecular weight excluding hydrogens is 188 g/mol. The minimum atomic E-state index is 0.00190. The van der Waals surface area contributed by atoms with Crippen LogP contribution in [0.3, 0.4) is 0 Å². The summed E-state index contributed by atoms with van der Waals surface area (Å²) >= 11 is 0. The topological polar surface area (TPSA) is 40.1 Å². The Morgan fingerprint density at radius 3 is 2.13 bits per heavy atom. The van der Waals surface area contributed by atoms with Gasteiger partial charge in [-0.15, -0.1) is 5.75 Å². The van der Waals surface area contributed by atoms with E-state index in [2.05, 4.69) is 0 Å². The molecule has 0 fully saturated rings. The zero-order valence-electron chi connectivity index (χ0n) is 8.01. The second-order valence-corrected chi connectivity index (χ2v) is 3.28. The van der Waals surface area contributed by atoms with Crippen LogP contribution in [0.4, 0.5) is 0 Å². The van der Waals surface area contributed by atoms with Crippen LogP contribution in [-0.4, -0.2) is 5.78 Å². The monoisotopic (exact) mass is 197 g/mol. The summed E-state index contributed by atoms with van der Waals surface area (Å²) in [6.07, 6.45) is 8.47. The summed E-state index contributed by atoms with van der Waals surface area (Å²) in [6.45, 7) is 0. The van der Waals surface area contributed by atoms with E-state index in [1.54, 1.807) is 24.3 Å². The van der Waals surface area contributed by atoms with Gasteiger partial charge in [0.25, 0.3) is 0 Å². The second kappa shape index (κ2) is 3.96. The summed E-state index contributed by atoms with van der Waals surface area (Å²) in [4.78, 5) is 10.9. The maximum atomic E-state index is 10.9. The third-order valence-electron chi connectivity index (χ3n) is 2.09. The quantitative estimate of drug-likeness (QED) is 0.689. The maximum absolute atomic E-state index is 10.9. The minimum absolute atomic E-state index is 0.00190. The van der Waals surface area contributed by atoms with Crippen LogP contribution in [-0.2, 0) is 4.79 Å². The Bertz CT molecular complexity index is 444. The van der Waals surface area contributed by atoms with E-state index in [4.69, 9.17) is 0 Å². The van der Waals surface area contributed by atoms with Crippen LogP contribution < -0.4 is 5.11 Å². The van der Waals surface area contributed by atoms with Crippen molar-refractivity contribution in [2.24, 2.45) is 0 Å². The summed E-state index contributed by atoms with van der Waals surface area (Å²) in [7, 11) is 0. The average Bonchev–Trinajstić information content (AvgIpc) is 2.25. The highest BCUT2D eigenvalue weighted by Gasteiger charge is 1.97. The first kappa shape index (κ1) is 9.46. The van der Waals surface area contributed by atoms with Crippen molar-refractivity contribution in [3.05, 3.63) is 59.7 Å². The van der Waals surface area contributed by atoms with Crippen LogP contribution in [0.15, 0.2) is 54.1 Å². The molecule has 0 aliphatic heterocycles. The van der Waals surface area contributed by atoms with Crippen molar-refractivity contribution in [1.29, 1.82) is 0 Å². The van der Waals surface area contributed by atoms with Crippen molar-refractivity contribution in [2.45, 2.75) is 0 Å². The van der Waals surface area contributed by atoms with E-state index in [1.807, 2.05) is 6.08 Å². The number of hydrogen-bond acceptors (Lipinski definition) is 2. The molecule has 1 aliphatic rings. The number of allylic oxidation sites excluding steroid dienone is 5. The molecule has 0 spiro atoms. The molecular formula is C13H9O2-. The average molecular weight is 197 g/mol. The highest BCUT2D eigenvalue weighted by atomic mass is 16.3. The molecule has 0 unspecified atom stereocenters. The van der Waals surface area contributed by atoms with E-state index in [0.29, 0.717) is 0 Å². The fraction of sp³-hybridized carbons (Fsp3) is 0. The van der Waals surface area contributed by atoms with Gasteiger partial charge in [0.05, 0.1) is 0 Å². The number of hydrogen-bond donors (Lipinski definition) is 0. The zero-order chi connectivity index (χ0) is 10.7. The van der Waals surface area contributed by atoms with Gasteiger partial charge in [-0.25, -0.2) is 0 Å². The van der Waals surface area contributed by atoms with E-state index < -0.39 is 0 Å². The number of carbonyl (C=O) groups excluding carboxylic acids is 1. The molecule has 0 bridgehead atoms. The van der Waals surface area contributed by atoms with E-state index in [9.17, 15) is 9.90 Å². The largest absolute Gasteiger partial charge is 0.872 e. The Kier molecular flexibility index (Phi) is 2.50. The molecule has 0 amide bonds. The number of rotatable bonds is 1. The van der Waals surface area contributed by atoms with Crippen LogP contribution in [0.5, 0.6) is 5.75 Å². The molecule has 0 radical (unpaired) electrons. The van der Waals surface area contributed by atoms with Crippen LogP contribution in [0.2, 0.25) is 0 Å². The molecule has 1 aliphatic carbocycles. The molecule has 0 atom stereocenters. The molecule has 2 nitrogen and oxygen atoms in total. The van der Waals surface area contributed by atoms with E-state index in [-0.39, 0.29) is 11.5 Å². The Morgan fingerprint density at radius 1 is 0.933 bits per heavy atom. The molecule has 15 heavy (non-hydrogen) atoms. The molecule has 0 aromatic heterocycles. The lowest BCUT2D eigenvalue weighted by Crippen LogP contribution is -1.91. The first-order valence-electron chi connectivity index (χ1n) is 4.63. The van der Waals surface area contributed by atoms with Gasteiger partial charge in [0, 0.05) is 0 Å². The zero-order valence-corrected chi connectivity index (χ0v) is 8.01. The number of ketones is 1. The van der Waals surface area contributed by atoms with Gasteiger partial charge in [0.15, 0.2) is 5.78 Å². The molecule has 0 saturated heterocycles. The van der Waals surface area contributed by atoms with Crippen molar-refractivity contribution < 1.29 is 9.90 Å². The van der Waals surface area contributed by atoms with Crippen molar-refractivity contribution in [3.8, 4) is 5.75 Å². The van der Waals surface area contributed by atoms with Gasteiger partial charge in [0.2, 0.25) is 0 Å². The summed E-state index contributed by atoms with van der Waals surface area (Å²) < 4.78 is 0. The fourth-order valence-corrected chi connectivity index (χ4v) is 1.32. The fourth-order valence-electron chi connectivity index (χ4n) is 1.32. The SMILES string of the molecule is O=C1C=CC(=Cc2ccc([O-])cc2)C=C1. The third kappa shape index (κ3) is 2.44. The summed E-state index contributed by atoms with van der Waals surface area (Å²) in [5.74, 6) is 0.00381. The third-order valence-corrected chi connectivity index (χ3v) is 2.09. The van der Waals surface area contributed by atoms with Crippen LogP contribution >= 0.6 is 0 Å². The van der Waals surface area contributed by atoms with E-state index >= 15 is 0 Å². The van der Waals surface area contributed by atoms with Crippen LogP contribution in [0.1, 0.15) is 5.56 Å². The van der Waals surface area contributed by atoms with Crippen molar-refractivity contribution in [2.75, 3.05) is 0 Å². The molecule has 2 rings (SSSR count). The Labute approximate surface area is 87.9 Å². The van der Waals surface area contributed by atoms with Crippen LogP contribution in [0, 0.1) is 0 Å². The molecule has 0 saturated carbocycles. The lowest BCUT2D eigenvalue weighted by molar-refractivity contribution is -0.268. The lowest BCUT2D eigenvalue weighted by Gasteiger charge is -2.04. The van der Waals surface area contributed by atoms with Gasteiger partial charge in [-0.2, -0.15) is 0 Å². The Morgan fingerprint density at radius 2 is 1.53 bits per heavy atom. The van der Waals surface area contributed by atoms with Crippen molar-refractivity contribution >= 4 is 11.9 Å². The molecule has 0 heterocycles. The summed E-state index contributed by atoms with van der Waals surface area (Å²) in [5, 5.41) is 10.9. The minimum Gasteiger partial charge on any atom is -0.872 e. The molecule has 74 valence electrons. The predicted molar refractivity (Wildman–Crippen MR) is 57.2 cm³/mol. The Balaban J connectivity index is 2.24. The maximum Gasteiger partial charge on any atom is 0.178 e. The van der Waals surface area contributed by atoms with Gasteiger partial charge in [0.1, 0.15) is 0 Å². The number of carbonyl (C=O) groups is 1. The first-order valence-corrected chi connectivity index (χ1v) is 4.63. The highest BCUT2D eigenvalue weighted by Crippen LogP contribution is 2.14. The van der Waals surface area contributed by atoms with Gasteiger partial charge in [-0.05, 0) is 29.4 Å². The lowest BCUT2D eigenvalue weighted by atomic mass is 10.1. The van der Waals surface area contributed by atoms with Crippen molar-refractivity contribution in [1.82, 2.24) is 0 Å². The highest BCUT2D eigenvalue weighted by molar-refractivity contribution is 6.01. The number of benzene rings is 1. The van der Waals surface area contributed by atoms with E-state index in [0.717, 1.165) is 11.1 Å². The molecule has 2 heteroatoms. The summed E-state index contributed by atoms with van der Waals surface area (Å²) in [5.41, 5.74) is 1.90. The smallest absolute Gasteiger partial charge is 0.178 e. The van der Waals surface area contributed by atoms with Gasteiger partial charge in [-0.3, -0.25) is 4.79 Å². The second-order valence-electron chi connectivity index (χ2n) is 3.28.